The van der Waals surface area contributed by atoms with Crippen molar-refractivity contribution in [2.75, 3.05) is 13.2 Å². The van der Waals surface area contributed by atoms with Crippen LogP contribution in [0, 0.1) is 5.92 Å². The van der Waals surface area contributed by atoms with E-state index < -0.39 is 0 Å². The molecule has 1 aliphatic rings. The van der Waals surface area contributed by atoms with Gasteiger partial charge < -0.3 is 20.5 Å². The third-order valence-corrected chi connectivity index (χ3v) is 3.49. The number of hydrogen-bond acceptors (Lipinski definition) is 3. The number of nitrogens with two attached hydrogens (primary N) is 1. The quantitative estimate of drug-likeness (QED) is 0.411. The van der Waals surface area contributed by atoms with Crippen molar-refractivity contribution < 1.29 is 9.47 Å². The highest BCUT2D eigenvalue weighted by molar-refractivity contribution is 14.0. The minimum Gasteiger partial charge on any atom is -0.494 e. The molecular weight excluding hydrogens is 405 g/mol. The highest BCUT2D eigenvalue weighted by Gasteiger charge is 2.21. The van der Waals surface area contributed by atoms with Gasteiger partial charge in [-0.3, -0.25) is 0 Å². The first-order valence-electron chi connectivity index (χ1n) is 7.98. The van der Waals surface area contributed by atoms with Gasteiger partial charge in [-0.15, -0.1) is 24.0 Å². The van der Waals surface area contributed by atoms with E-state index in [4.69, 9.17) is 15.2 Å². The van der Waals surface area contributed by atoms with Crippen molar-refractivity contribution in [3.05, 3.63) is 23.3 Å². The lowest BCUT2D eigenvalue weighted by atomic mass is 10.1. The van der Waals surface area contributed by atoms with Crippen LogP contribution in [-0.4, -0.2) is 25.2 Å². The zero-order valence-electron chi connectivity index (χ0n) is 14.4. The van der Waals surface area contributed by atoms with Crippen molar-refractivity contribution in [2.24, 2.45) is 16.6 Å². The molecular formula is C17H28IN3O2. The van der Waals surface area contributed by atoms with Crippen LogP contribution in [0.25, 0.3) is 0 Å². The SMILES string of the molecule is CCOc1cc2c(cc1CN=C(N)NCC(C)C)OC(C)C2.I. The Morgan fingerprint density at radius 1 is 1.48 bits per heavy atom. The molecule has 0 saturated carbocycles. The predicted molar refractivity (Wildman–Crippen MR) is 105 cm³/mol. The molecule has 0 aliphatic carbocycles. The molecule has 1 heterocycles. The second-order valence-electron chi connectivity index (χ2n) is 6.11. The van der Waals surface area contributed by atoms with E-state index in [9.17, 15) is 0 Å². The molecule has 3 N–H and O–H groups in total. The van der Waals surface area contributed by atoms with E-state index in [1.54, 1.807) is 0 Å². The number of ether oxygens (including phenoxy) is 2. The summed E-state index contributed by atoms with van der Waals surface area (Å²) in [7, 11) is 0. The molecule has 0 fully saturated rings. The second-order valence-corrected chi connectivity index (χ2v) is 6.11. The first-order valence-corrected chi connectivity index (χ1v) is 7.98. The molecule has 0 bridgehead atoms. The molecule has 0 radical (unpaired) electrons. The number of nitrogens with zero attached hydrogens (tertiary/aromatic N) is 1. The van der Waals surface area contributed by atoms with Crippen LogP contribution in [0.3, 0.4) is 0 Å². The van der Waals surface area contributed by atoms with Crippen LogP contribution in [0.2, 0.25) is 0 Å². The van der Waals surface area contributed by atoms with Gasteiger partial charge in [0.15, 0.2) is 5.96 Å². The maximum Gasteiger partial charge on any atom is 0.188 e. The summed E-state index contributed by atoms with van der Waals surface area (Å²) in [4.78, 5) is 4.40. The standard InChI is InChI=1S/C17H27N3O2.HI/c1-5-21-15-7-13-6-12(4)22-16(13)8-14(15)10-20-17(18)19-9-11(2)3;/h7-8,11-12H,5-6,9-10H2,1-4H3,(H3,18,19,20);1H. The third kappa shape index (κ3) is 5.75. The van der Waals surface area contributed by atoms with Gasteiger partial charge in [-0.1, -0.05) is 13.8 Å². The molecule has 0 spiro atoms. The van der Waals surface area contributed by atoms with E-state index in [-0.39, 0.29) is 30.1 Å². The third-order valence-electron chi connectivity index (χ3n) is 3.49. The molecule has 6 heteroatoms. The summed E-state index contributed by atoms with van der Waals surface area (Å²) in [5.41, 5.74) is 8.10. The summed E-state index contributed by atoms with van der Waals surface area (Å²) in [5.74, 6) is 2.81. The fourth-order valence-corrected chi connectivity index (χ4v) is 2.43. The Morgan fingerprint density at radius 2 is 2.22 bits per heavy atom. The van der Waals surface area contributed by atoms with Gasteiger partial charge in [0, 0.05) is 24.1 Å². The second kappa shape index (κ2) is 9.20. The Morgan fingerprint density at radius 3 is 2.87 bits per heavy atom. The van der Waals surface area contributed by atoms with Crippen molar-refractivity contribution in [1.82, 2.24) is 5.32 Å². The van der Waals surface area contributed by atoms with E-state index in [2.05, 4.69) is 37.1 Å². The molecule has 1 aliphatic heterocycles. The lowest BCUT2D eigenvalue weighted by molar-refractivity contribution is 0.254. The Hall–Kier alpha value is -1.18. The van der Waals surface area contributed by atoms with Gasteiger partial charge in [-0.2, -0.15) is 0 Å². The molecule has 1 unspecified atom stereocenters. The van der Waals surface area contributed by atoms with Crippen LogP contribution in [0.1, 0.15) is 38.8 Å². The molecule has 1 aromatic carbocycles. The number of guanidine groups is 1. The van der Waals surface area contributed by atoms with Gasteiger partial charge >= 0.3 is 0 Å². The van der Waals surface area contributed by atoms with Crippen LogP contribution in [0.15, 0.2) is 17.1 Å². The lowest BCUT2D eigenvalue weighted by Crippen LogP contribution is -2.34. The van der Waals surface area contributed by atoms with Gasteiger partial charge in [0.2, 0.25) is 0 Å². The molecule has 0 aromatic heterocycles. The lowest BCUT2D eigenvalue weighted by Gasteiger charge is -2.12. The van der Waals surface area contributed by atoms with Crippen molar-refractivity contribution in [3.8, 4) is 11.5 Å². The van der Waals surface area contributed by atoms with Crippen LogP contribution >= 0.6 is 24.0 Å². The Kier molecular flexibility index (Phi) is 7.94. The van der Waals surface area contributed by atoms with E-state index >= 15 is 0 Å². The highest BCUT2D eigenvalue weighted by Crippen LogP contribution is 2.35. The van der Waals surface area contributed by atoms with Crippen LogP contribution < -0.4 is 20.5 Å². The van der Waals surface area contributed by atoms with E-state index in [0.717, 1.165) is 30.0 Å². The Balaban J connectivity index is 0.00000264. The van der Waals surface area contributed by atoms with Crippen LogP contribution in [0.5, 0.6) is 11.5 Å². The molecule has 0 saturated heterocycles. The number of rotatable bonds is 6. The number of halogens is 1. The largest absolute Gasteiger partial charge is 0.494 e. The maximum absolute atomic E-state index is 5.90. The van der Waals surface area contributed by atoms with Crippen LogP contribution in [0.4, 0.5) is 0 Å². The average Bonchev–Trinajstić information content (AvgIpc) is 2.82. The van der Waals surface area contributed by atoms with Gasteiger partial charge in [-0.05, 0) is 31.9 Å². The molecule has 23 heavy (non-hydrogen) atoms. The zero-order valence-corrected chi connectivity index (χ0v) is 16.7. The van der Waals surface area contributed by atoms with Gasteiger partial charge in [0.1, 0.15) is 17.6 Å². The average molecular weight is 433 g/mol. The molecule has 1 aromatic rings. The monoisotopic (exact) mass is 433 g/mol. The number of nitrogens with one attached hydrogen (secondary N) is 1. The minimum absolute atomic E-state index is 0. The van der Waals surface area contributed by atoms with E-state index in [0.29, 0.717) is 25.0 Å². The number of fused-ring (bicyclic) bond motifs is 1. The molecule has 0 amide bonds. The highest BCUT2D eigenvalue weighted by atomic mass is 127. The first-order chi connectivity index (χ1) is 10.5. The number of aliphatic imine (C=N–C) groups is 1. The summed E-state index contributed by atoms with van der Waals surface area (Å²) in [5, 5.41) is 3.12. The van der Waals surface area contributed by atoms with Crippen molar-refractivity contribution in [3.63, 3.8) is 0 Å². The first kappa shape index (κ1) is 19.9. The van der Waals surface area contributed by atoms with Crippen molar-refractivity contribution >= 4 is 29.9 Å². The van der Waals surface area contributed by atoms with E-state index in [1.165, 1.54) is 5.56 Å². The minimum atomic E-state index is 0. The fourth-order valence-electron chi connectivity index (χ4n) is 2.43. The molecule has 130 valence electrons. The Bertz CT molecular complexity index is 547. The van der Waals surface area contributed by atoms with E-state index in [1.807, 2.05) is 13.0 Å². The van der Waals surface area contributed by atoms with Gasteiger partial charge in [0.05, 0.1) is 13.2 Å². The molecule has 2 rings (SSSR count). The topological polar surface area (TPSA) is 68.9 Å². The van der Waals surface area contributed by atoms with Crippen molar-refractivity contribution in [1.29, 1.82) is 0 Å². The molecule has 1 atom stereocenters. The normalized spacial score (nSPS) is 16.6. The van der Waals surface area contributed by atoms with Gasteiger partial charge in [-0.25, -0.2) is 4.99 Å². The summed E-state index contributed by atoms with van der Waals surface area (Å²) >= 11 is 0. The number of hydrogen-bond donors (Lipinski definition) is 2. The summed E-state index contributed by atoms with van der Waals surface area (Å²) in [6.07, 6.45) is 1.15. The number of benzene rings is 1. The summed E-state index contributed by atoms with van der Waals surface area (Å²) < 4.78 is 11.6. The van der Waals surface area contributed by atoms with Crippen LogP contribution in [-0.2, 0) is 13.0 Å². The maximum atomic E-state index is 5.90. The smallest absolute Gasteiger partial charge is 0.188 e. The molecule has 5 nitrogen and oxygen atoms in total. The zero-order chi connectivity index (χ0) is 16.1. The predicted octanol–water partition coefficient (Wildman–Crippen LogP) is 3.09. The summed E-state index contributed by atoms with van der Waals surface area (Å²) in [6, 6.07) is 4.11. The Labute approximate surface area is 156 Å². The summed E-state index contributed by atoms with van der Waals surface area (Å²) in [6.45, 7) is 10.3. The van der Waals surface area contributed by atoms with Crippen molar-refractivity contribution in [2.45, 2.75) is 46.8 Å². The fraction of sp³-hybridized carbons (Fsp3) is 0.588. The van der Waals surface area contributed by atoms with Gasteiger partial charge in [0.25, 0.3) is 0 Å².